The van der Waals surface area contributed by atoms with Gasteiger partial charge in [-0.25, -0.2) is 0 Å². The second-order valence-corrected chi connectivity index (χ2v) is 10.7. The average Bonchev–Trinajstić information content (AvgIpc) is 3.35. The third kappa shape index (κ3) is 2.21. The standard InChI is InChI=1S/C25H28BrNO/c1-15-5-7-17-16(14-15)6-8-19-18(17)9-11-24(2)20(19)10-12-25(24)23(28-25)22-21(26)4-3-13-27-22/h3-5,7,13-14,18-20,23H,6,8-12H2,1-2H3/t18-,19-,20+,23+,24+,25+/m1/s1. The van der Waals surface area contributed by atoms with Crippen LogP contribution in [0.3, 0.4) is 0 Å². The van der Waals surface area contributed by atoms with Crippen molar-refractivity contribution < 1.29 is 4.74 Å². The highest BCUT2D eigenvalue weighted by molar-refractivity contribution is 9.10. The van der Waals surface area contributed by atoms with Crippen LogP contribution < -0.4 is 0 Å². The van der Waals surface area contributed by atoms with Crippen molar-refractivity contribution in [3.8, 4) is 0 Å². The van der Waals surface area contributed by atoms with Crippen molar-refractivity contribution in [1.82, 2.24) is 4.98 Å². The van der Waals surface area contributed by atoms with Crippen molar-refractivity contribution in [2.75, 3.05) is 0 Å². The SMILES string of the molecule is Cc1ccc2c(c1)CC[C@@H]1[C@@H]2CC[C@@]2(C)[C@H]1CC[C@@]21O[C@H]1c1ncccc1Br. The van der Waals surface area contributed by atoms with Crippen molar-refractivity contribution in [2.45, 2.75) is 70.0 Å². The van der Waals surface area contributed by atoms with Gasteiger partial charge in [-0.15, -0.1) is 0 Å². The molecule has 3 fully saturated rings. The molecule has 0 radical (unpaired) electrons. The molecule has 2 nitrogen and oxygen atoms in total. The maximum atomic E-state index is 6.58. The van der Waals surface area contributed by atoms with E-state index in [2.05, 4.69) is 59.0 Å². The number of hydrogen-bond donors (Lipinski definition) is 0. The van der Waals surface area contributed by atoms with Gasteiger partial charge in [0.05, 0.1) is 5.69 Å². The Labute approximate surface area is 176 Å². The summed E-state index contributed by atoms with van der Waals surface area (Å²) in [7, 11) is 0. The Hall–Kier alpha value is -1.19. The van der Waals surface area contributed by atoms with Gasteiger partial charge >= 0.3 is 0 Å². The molecule has 3 heteroatoms. The fraction of sp³-hybridized carbons (Fsp3) is 0.560. The third-order valence-electron chi connectivity index (χ3n) is 8.79. The van der Waals surface area contributed by atoms with Crippen LogP contribution in [0.2, 0.25) is 0 Å². The van der Waals surface area contributed by atoms with E-state index in [0.29, 0.717) is 0 Å². The summed E-state index contributed by atoms with van der Waals surface area (Å²) in [5.74, 6) is 2.37. The second-order valence-electron chi connectivity index (χ2n) is 9.87. The molecule has 4 aliphatic rings. The van der Waals surface area contributed by atoms with E-state index in [1.54, 1.807) is 11.1 Å². The Morgan fingerprint density at radius 3 is 2.89 bits per heavy atom. The number of benzene rings is 1. The highest BCUT2D eigenvalue weighted by Gasteiger charge is 2.74. The Morgan fingerprint density at radius 2 is 2.04 bits per heavy atom. The zero-order chi connectivity index (χ0) is 19.1. The molecule has 1 saturated heterocycles. The van der Waals surface area contributed by atoms with E-state index < -0.39 is 0 Å². The molecule has 146 valence electrons. The van der Waals surface area contributed by atoms with Crippen LogP contribution in [-0.4, -0.2) is 10.6 Å². The van der Waals surface area contributed by atoms with E-state index in [-0.39, 0.29) is 17.1 Å². The van der Waals surface area contributed by atoms with E-state index in [9.17, 15) is 0 Å². The van der Waals surface area contributed by atoms with Crippen molar-refractivity contribution in [2.24, 2.45) is 17.3 Å². The highest BCUT2D eigenvalue weighted by atomic mass is 79.9. The quantitative estimate of drug-likeness (QED) is 0.474. The molecule has 28 heavy (non-hydrogen) atoms. The molecule has 1 aromatic carbocycles. The number of aromatic nitrogens is 1. The van der Waals surface area contributed by atoms with Gasteiger partial charge in [0.15, 0.2) is 0 Å². The summed E-state index contributed by atoms with van der Waals surface area (Å²) in [4.78, 5) is 4.68. The van der Waals surface area contributed by atoms with Gasteiger partial charge in [-0.05, 0) is 102 Å². The molecule has 1 aliphatic heterocycles. The number of fused-ring (bicyclic) bond motifs is 6. The minimum absolute atomic E-state index is 0.0209. The maximum Gasteiger partial charge on any atom is 0.131 e. The first-order chi connectivity index (χ1) is 13.5. The number of hydrogen-bond acceptors (Lipinski definition) is 2. The molecule has 0 amide bonds. The van der Waals surface area contributed by atoms with Crippen LogP contribution in [0.4, 0.5) is 0 Å². The number of aryl methyl sites for hydroxylation is 2. The lowest BCUT2D eigenvalue weighted by atomic mass is 9.53. The molecule has 1 aromatic heterocycles. The first kappa shape index (κ1) is 17.7. The number of epoxide rings is 1. The minimum Gasteiger partial charge on any atom is -0.359 e. The predicted octanol–water partition coefficient (Wildman–Crippen LogP) is 6.52. The van der Waals surface area contributed by atoms with E-state index in [4.69, 9.17) is 4.74 Å². The van der Waals surface area contributed by atoms with Gasteiger partial charge in [0.25, 0.3) is 0 Å². The molecule has 3 aliphatic carbocycles. The van der Waals surface area contributed by atoms with E-state index in [1.165, 1.54) is 44.1 Å². The van der Waals surface area contributed by atoms with Crippen molar-refractivity contribution in [3.63, 3.8) is 0 Å². The first-order valence-corrected chi connectivity index (χ1v) is 11.7. The Balaban J connectivity index is 1.33. The Bertz CT molecular complexity index is 957. The van der Waals surface area contributed by atoms with Gasteiger partial charge in [-0.1, -0.05) is 30.7 Å². The number of ether oxygens (including phenoxy) is 1. The monoisotopic (exact) mass is 437 g/mol. The zero-order valence-corrected chi connectivity index (χ0v) is 18.3. The molecular weight excluding hydrogens is 410 g/mol. The molecule has 0 bridgehead atoms. The van der Waals surface area contributed by atoms with Gasteiger partial charge in [0, 0.05) is 16.1 Å². The summed E-state index contributed by atoms with van der Waals surface area (Å²) in [5, 5.41) is 0. The lowest BCUT2D eigenvalue weighted by Gasteiger charge is -2.50. The molecule has 0 N–H and O–H groups in total. The number of pyridine rings is 1. The summed E-state index contributed by atoms with van der Waals surface area (Å²) in [6.07, 6.45) is 9.81. The van der Waals surface area contributed by atoms with Crippen LogP contribution in [0.5, 0.6) is 0 Å². The molecule has 2 heterocycles. The van der Waals surface area contributed by atoms with Crippen LogP contribution in [0.15, 0.2) is 41.0 Å². The van der Waals surface area contributed by atoms with Crippen molar-refractivity contribution in [3.05, 3.63) is 63.4 Å². The van der Waals surface area contributed by atoms with Gasteiger partial charge in [0.1, 0.15) is 11.7 Å². The minimum atomic E-state index is 0.0209. The van der Waals surface area contributed by atoms with E-state index in [0.717, 1.165) is 27.9 Å². The first-order valence-electron chi connectivity index (χ1n) is 10.9. The van der Waals surface area contributed by atoms with Crippen LogP contribution in [0, 0.1) is 24.2 Å². The van der Waals surface area contributed by atoms with Crippen LogP contribution in [0.1, 0.15) is 73.4 Å². The molecule has 2 saturated carbocycles. The molecular formula is C25H28BrNO. The maximum absolute atomic E-state index is 6.58. The highest BCUT2D eigenvalue weighted by Crippen LogP contribution is 2.75. The fourth-order valence-corrected chi connectivity index (χ4v) is 7.88. The number of rotatable bonds is 1. The molecule has 6 rings (SSSR count). The second kappa shape index (κ2) is 5.92. The summed E-state index contributed by atoms with van der Waals surface area (Å²) in [5.41, 5.74) is 6.11. The Morgan fingerprint density at radius 1 is 1.14 bits per heavy atom. The molecule has 2 aromatic rings. The van der Waals surface area contributed by atoms with Crippen LogP contribution >= 0.6 is 15.9 Å². The zero-order valence-electron chi connectivity index (χ0n) is 16.7. The lowest BCUT2D eigenvalue weighted by molar-refractivity contribution is 0.0120. The summed E-state index contributed by atoms with van der Waals surface area (Å²) < 4.78 is 7.67. The number of nitrogens with zero attached hydrogens (tertiary/aromatic N) is 1. The normalized spacial score (nSPS) is 40.7. The third-order valence-corrected chi connectivity index (χ3v) is 9.47. The average molecular weight is 438 g/mol. The summed E-state index contributed by atoms with van der Waals surface area (Å²) in [6.45, 7) is 4.77. The van der Waals surface area contributed by atoms with Gasteiger partial charge in [-0.2, -0.15) is 0 Å². The molecule has 1 spiro atoms. The van der Waals surface area contributed by atoms with Crippen LogP contribution in [0.25, 0.3) is 0 Å². The fourth-order valence-electron chi connectivity index (χ4n) is 7.41. The molecule has 0 unspecified atom stereocenters. The van der Waals surface area contributed by atoms with Gasteiger partial charge in [-0.3, -0.25) is 4.98 Å². The van der Waals surface area contributed by atoms with Crippen molar-refractivity contribution in [1.29, 1.82) is 0 Å². The smallest absolute Gasteiger partial charge is 0.131 e. The van der Waals surface area contributed by atoms with E-state index in [1.807, 2.05) is 12.3 Å². The van der Waals surface area contributed by atoms with Crippen molar-refractivity contribution >= 4 is 15.9 Å². The Kier molecular flexibility index (Phi) is 3.73. The summed E-state index contributed by atoms with van der Waals surface area (Å²) in [6, 6.07) is 11.3. The van der Waals surface area contributed by atoms with E-state index >= 15 is 0 Å². The van der Waals surface area contributed by atoms with Crippen LogP contribution in [-0.2, 0) is 11.2 Å². The van der Waals surface area contributed by atoms with Gasteiger partial charge in [0.2, 0.25) is 0 Å². The predicted molar refractivity (Wildman–Crippen MR) is 114 cm³/mol. The van der Waals surface area contributed by atoms with Gasteiger partial charge < -0.3 is 4.74 Å². The number of halogens is 1. The topological polar surface area (TPSA) is 25.4 Å². The summed E-state index contributed by atoms with van der Waals surface area (Å²) >= 11 is 3.71. The molecule has 6 atom stereocenters. The largest absolute Gasteiger partial charge is 0.359 e. The lowest BCUT2D eigenvalue weighted by Crippen LogP contribution is -2.45.